The van der Waals surface area contributed by atoms with Crippen LogP contribution in [0.4, 0.5) is 0 Å². The Hall–Kier alpha value is -1.68. The van der Waals surface area contributed by atoms with Crippen LogP contribution in [-0.4, -0.2) is 6.61 Å². The third-order valence-electron chi connectivity index (χ3n) is 7.94. The molecule has 0 aromatic heterocycles. The summed E-state index contributed by atoms with van der Waals surface area (Å²) in [5.74, 6) is 11.0. The molecule has 2 aliphatic carbocycles. The van der Waals surface area contributed by atoms with E-state index in [2.05, 4.69) is 62.1 Å². The van der Waals surface area contributed by atoms with Gasteiger partial charge in [-0.05, 0) is 99.3 Å². The number of rotatable bonds is 11. The molecule has 0 radical (unpaired) electrons. The van der Waals surface area contributed by atoms with Crippen LogP contribution >= 0.6 is 0 Å². The van der Waals surface area contributed by atoms with Gasteiger partial charge < -0.3 is 4.74 Å². The predicted octanol–water partition coefficient (Wildman–Crippen LogP) is 9.48. The molecular weight excluding hydrogens is 400 g/mol. The molecule has 1 aromatic rings. The Morgan fingerprint density at radius 3 is 2.21 bits per heavy atom. The van der Waals surface area contributed by atoms with Gasteiger partial charge in [-0.1, -0.05) is 82.4 Å². The molecule has 0 saturated heterocycles. The van der Waals surface area contributed by atoms with Gasteiger partial charge in [0.05, 0.1) is 6.61 Å². The van der Waals surface area contributed by atoms with Crippen molar-refractivity contribution in [2.75, 3.05) is 6.61 Å². The molecule has 2 fully saturated rings. The highest BCUT2D eigenvalue weighted by Crippen LogP contribution is 2.36. The fourth-order valence-corrected chi connectivity index (χ4v) is 5.65. The second-order valence-electron chi connectivity index (χ2n) is 10.6. The highest BCUT2D eigenvalue weighted by atomic mass is 16.5. The second kappa shape index (κ2) is 15.3. The summed E-state index contributed by atoms with van der Waals surface area (Å²) in [6.45, 7) is 5.37. The molecule has 1 aromatic carbocycles. The van der Waals surface area contributed by atoms with Gasteiger partial charge in [0.1, 0.15) is 5.75 Å². The van der Waals surface area contributed by atoms with E-state index < -0.39 is 0 Å². The van der Waals surface area contributed by atoms with Crippen molar-refractivity contribution in [3.05, 3.63) is 42.0 Å². The topological polar surface area (TPSA) is 9.23 Å². The molecule has 1 nitrogen and oxygen atoms in total. The fourth-order valence-electron chi connectivity index (χ4n) is 5.65. The van der Waals surface area contributed by atoms with E-state index in [-0.39, 0.29) is 0 Å². The number of hydrogen-bond donors (Lipinski definition) is 0. The highest BCUT2D eigenvalue weighted by molar-refractivity contribution is 5.30. The average Bonchev–Trinajstić information content (AvgIpc) is 2.86. The molecular formula is C32H48O. The van der Waals surface area contributed by atoms with Crippen LogP contribution < -0.4 is 4.74 Å². The van der Waals surface area contributed by atoms with Crippen molar-refractivity contribution >= 4 is 0 Å². The first-order valence-electron chi connectivity index (χ1n) is 14.2. The normalized spacial score (nSPS) is 25.5. The van der Waals surface area contributed by atoms with Crippen LogP contribution in [0.2, 0.25) is 0 Å². The molecule has 0 amide bonds. The number of hydrogen-bond acceptors (Lipinski definition) is 1. The van der Waals surface area contributed by atoms with Crippen LogP contribution in [-0.2, 0) is 0 Å². The molecule has 3 rings (SSSR count). The van der Waals surface area contributed by atoms with Crippen LogP contribution in [0.15, 0.2) is 36.4 Å². The van der Waals surface area contributed by atoms with Crippen LogP contribution in [0.25, 0.3) is 0 Å². The van der Waals surface area contributed by atoms with Gasteiger partial charge in [0.15, 0.2) is 0 Å². The van der Waals surface area contributed by atoms with Crippen LogP contribution in [0.5, 0.6) is 5.75 Å². The fraction of sp³-hybridized carbons (Fsp3) is 0.688. The maximum Gasteiger partial charge on any atom is 0.119 e. The lowest BCUT2D eigenvalue weighted by Crippen LogP contribution is -2.13. The average molecular weight is 449 g/mol. The Kier molecular flexibility index (Phi) is 12.0. The van der Waals surface area contributed by atoms with Gasteiger partial charge in [-0.25, -0.2) is 0 Å². The van der Waals surface area contributed by atoms with E-state index in [0.29, 0.717) is 11.8 Å². The molecule has 2 saturated carbocycles. The molecule has 0 aliphatic heterocycles. The van der Waals surface area contributed by atoms with Crippen LogP contribution in [0.1, 0.15) is 122 Å². The van der Waals surface area contributed by atoms with Crippen molar-refractivity contribution in [2.45, 2.75) is 116 Å². The molecule has 0 bridgehead atoms. The van der Waals surface area contributed by atoms with E-state index >= 15 is 0 Å². The molecule has 2 aliphatic rings. The SMILES string of the molecule is CCCCCOc1ccc([C@H]2CC[C@H](C#C/C=C/[C@H]3CC[C@H](CCCCC)CC3)CC2)cc1. The lowest BCUT2D eigenvalue weighted by Gasteiger charge is -2.26. The van der Waals surface area contributed by atoms with E-state index in [1.54, 1.807) is 0 Å². The van der Waals surface area contributed by atoms with Crippen molar-refractivity contribution in [3.63, 3.8) is 0 Å². The molecule has 33 heavy (non-hydrogen) atoms. The van der Waals surface area contributed by atoms with E-state index in [1.807, 2.05) is 0 Å². The third kappa shape index (κ3) is 9.60. The number of allylic oxidation sites excluding steroid dienone is 2. The monoisotopic (exact) mass is 448 g/mol. The van der Waals surface area contributed by atoms with E-state index in [1.165, 1.54) is 95.5 Å². The standard InChI is InChI=1S/C32H48O/c1-3-5-7-11-27-14-16-28(17-15-27)12-8-9-13-29-18-20-30(21-19-29)31-22-24-32(25-23-31)33-26-10-6-4-2/h8,12,22-25,27-30H,3-7,10-11,14-21,26H2,1-2H3/b12-8+/t27-,28-,29-,30-. The molecule has 0 N–H and O–H groups in total. The van der Waals surface area contributed by atoms with E-state index in [4.69, 9.17) is 4.74 Å². The summed E-state index contributed by atoms with van der Waals surface area (Å²) in [6.07, 6.45) is 24.5. The minimum atomic E-state index is 0.585. The van der Waals surface area contributed by atoms with Crippen LogP contribution in [0.3, 0.4) is 0 Å². The molecule has 0 heterocycles. The van der Waals surface area contributed by atoms with E-state index in [0.717, 1.165) is 30.6 Å². The number of benzene rings is 1. The molecule has 0 unspecified atom stereocenters. The Labute approximate surface area is 204 Å². The van der Waals surface area contributed by atoms with Crippen molar-refractivity contribution in [1.29, 1.82) is 0 Å². The quantitative estimate of drug-likeness (QED) is 0.242. The Morgan fingerprint density at radius 1 is 0.818 bits per heavy atom. The molecule has 1 heteroatoms. The minimum Gasteiger partial charge on any atom is -0.494 e. The predicted molar refractivity (Wildman–Crippen MR) is 143 cm³/mol. The van der Waals surface area contributed by atoms with Crippen molar-refractivity contribution in [2.24, 2.45) is 17.8 Å². The first-order valence-corrected chi connectivity index (χ1v) is 14.2. The summed E-state index contributed by atoms with van der Waals surface area (Å²) in [6, 6.07) is 8.90. The first kappa shape index (κ1) is 25.9. The number of unbranched alkanes of at least 4 members (excludes halogenated alkanes) is 4. The maximum absolute atomic E-state index is 5.87. The zero-order valence-electron chi connectivity index (χ0n) is 21.5. The van der Waals surface area contributed by atoms with Gasteiger partial charge >= 0.3 is 0 Å². The molecule has 0 atom stereocenters. The van der Waals surface area contributed by atoms with Crippen molar-refractivity contribution < 1.29 is 4.74 Å². The molecule has 182 valence electrons. The van der Waals surface area contributed by atoms with Gasteiger partial charge in [0, 0.05) is 5.92 Å². The van der Waals surface area contributed by atoms with E-state index in [9.17, 15) is 0 Å². The van der Waals surface area contributed by atoms with Crippen molar-refractivity contribution in [1.82, 2.24) is 0 Å². The Balaban J connectivity index is 1.32. The van der Waals surface area contributed by atoms with Crippen LogP contribution in [0, 0.1) is 29.6 Å². The second-order valence-corrected chi connectivity index (χ2v) is 10.6. The summed E-state index contributed by atoms with van der Waals surface area (Å²) in [7, 11) is 0. The van der Waals surface area contributed by atoms with Gasteiger partial charge in [-0.3, -0.25) is 0 Å². The zero-order chi connectivity index (χ0) is 23.1. The summed E-state index contributed by atoms with van der Waals surface area (Å²) < 4.78 is 5.87. The van der Waals surface area contributed by atoms with Crippen molar-refractivity contribution in [3.8, 4) is 17.6 Å². The highest BCUT2D eigenvalue weighted by Gasteiger charge is 2.21. The summed E-state index contributed by atoms with van der Waals surface area (Å²) in [4.78, 5) is 0. The summed E-state index contributed by atoms with van der Waals surface area (Å²) >= 11 is 0. The lowest BCUT2D eigenvalue weighted by atomic mass is 9.79. The number of ether oxygens (including phenoxy) is 1. The first-order chi connectivity index (χ1) is 16.3. The zero-order valence-corrected chi connectivity index (χ0v) is 21.5. The van der Waals surface area contributed by atoms with Gasteiger partial charge in [-0.2, -0.15) is 0 Å². The molecule has 0 spiro atoms. The van der Waals surface area contributed by atoms with Gasteiger partial charge in [0.25, 0.3) is 0 Å². The lowest BCUT2D eigenvalue weighted by molar-refractivity contribution is 0.289. The van der Waals surface area contributed by atoms with Gasteiger partial charge in [-0.15, -0.1) is 0 Å². The Morgan fingerprint density at radius 2 is 1.52 bits per heavy atom. The smallest absolute Gasteiger partial charge is 0.119 e. The summed E-state index contributed by atoms with van der Waals surface area (Å²) in [5.41, 5.74) is 1.48. The maximum atomic E-state index is 5.87. The Bertz CT molecular complexity index is 718. The third-order valence-corrected chi connectivity index (χ3v) is 7.94. The summed E-state index contributed by atoms with van der Waals surface area (Å²) in [5, 5.41) is 0. The minimum absolute atomic E-state index is 0.585. The largest absolute Gasteiger partial charge is 0.494 e. The van der Waals surface area contributed by atoms with Gasteiger partial charge in [0.2, 0.25) is 0 Å².